The van der Waals surface area contributed by atoms with Crippen LogP contribution >= 0.6 is 0 Å². The summed E-state index contributed by atoms with van der Waals surface area (Å²) in [7, 11) is 1.77. The van der Waals surface area contributed by atoms with Gasteiger partial charge in [0, 0.05) is 7.11 Å². The Balaban J connectivity index is 2.32. The van der Waals surface area contributed by atoms with E-state index < -0.39 is 0 Å². The third-order valence-electron chi connectivity index (χ3n) is 3.97. The third-order valence-corrected chi connectivity index (χ3v) is 3.97. The second-order valence-electron chi connectivity index (χ2n) is 5.02. The zero-order chi connectivity index (χ0) is 13.0. The van der Waals surface area contributed by atoms with Gasteiger partial charge in [0.05, 0.1) is 11.6 Å². The first kappa shape index (κ1) is 13.5. The molecule has 1 aromatic rings. The first-order chi connectivity index (χ1) is 8.72. The molecule has 1 aliphatic rings. The van der Waals surface area contributed by atoms with E-state index in [1.807, 2.05) is 6.07 Å². The largest absolute Gasteiger partial charge is 0.376 e. The Morgan fingerprint density at radius 2 is 2.11 bits per heavy atom. The van der Waals surface area contributed by atoms with Crippen LogP contribution in [-0.2, 0) is 4.74 Å². The topological polar surface area (TPSA) is 21.3 Å². The minimum absolute atomic E-state index is 0.0747. The summed E-state index contributed by atoms with van der Waals surface area (Å²) >= 11 is 0. The number of halogens is 1. The maximum Gasteiger partial charge on any atom is 0.123 e. The predicted octanol–water partition coefficient (Wildman–Crippen LogP) is 3.44. The summed E-state index contributed by atoms with van der Waals surface area (Å²) in [5, 5.41) is 3.47. The lowest BCUT2D eigenvalue weighted by Gasteiger charge is -2.37. The summed E-state index contributed by atoms with van der Waals surface area (Å²) < 4.78 is 19.2. The molecule has 0 aromatic heterocycles. The average molecular weight is 251 g/mol. The molecule has 3 heteroatoms. The number of hydrogen-bond donors (Lipinski definition) is 1. The summed E-state index contributed by atoms with van der Waals surface area (Å²) in [4.78, 5) is 0. The van der Waals surface area contributed by atoms with E-state index in [1.165, 1.54) is 18.9 Å². The summed E-state index contributed by atoms with van der Waals surface area (Å²) in [5.74, 6) is -0.181. The summed E-state index contributed by atoms with van der Waals surface area (Å²) in [6.07, 6.45) is 4.45. The Labute approximate surface area is 109 Å². The van der Waals surface area contributed by atoms with Gasteiger partial charge in [0.25, 0.3) is 0 Å². The van der Waals surface area contributed by atoms with Gasteiger partial charge in [-0.25, -0.2) is 4.39 Å². The van der Waals surface area contributed by atoms with E-state index in [4.69, 9.17) is 4.74 Å². The number of benzene rings is 1. The highest BCUT2D eigenvalue weighted by molar-refractivity contribution is 5.24. The lowest BCUT2D eigenvalue weighted by atomic mass is 9.86. The minimum Gasteiger partial charge on any atom is -0.376 e. The van der Waals surface area contributed by atoms with Crippen molar-refractivity contribution in [1.29, 1.82) is 0 Å². The number of methoxy groups -OCH3 is 1. The smallest absolute Gasteiger partial charge is 0.123 e. The lowest BCUT2D eigenvalue weighted by Crippen LogP contribution is -2.43. The molecule has 1 aliphatic carbocycles. The Bertz CT molecular complexity index is 388. The molecule has 1 saturated carbocycles. The zero-order valence-electron chi connectivity index (χ0n) is 11.2. The highest BCUT2D eigenvalue weighted by Crippen LogP contribution is 2.42. The van der Waals surface area contributed by atoms with Gasteiger partial charge in [0.15, 0.2) is 0 Å². The molecule has 2 rings (SSSR count). The molecule has 1 N–H and O–H groups in total. The summed E-state index contributed by atoms with van der Waals surface area (Å²) in [6.45, 7) is 2.93. The number of ether oxygens (including phenoxy) is 1. The molecule has 1 fully saturated rings. The summed E-state index contributed by atoms with van der Waals surface area (Å²) in [5.41, 5.74) is 0.810. The van der Waals surface area contributed by atoms with Crippen LogP contribution in [0.25, 0.3) is 0 Å². The van der Waals surface area contributed by atoms with E-state index in [9.17, 15) is 4.39 Å². The van der Waals surface area contributed by atoms with Gasteiger partial charge in [-0.05, 0) is 37.1 Å². The second-order valence-corrected chi connectivity index (χ2v) is 5.02. The van der Waals surface area contributed by atoms with E-state index in [0.29, 0.717) is 0 Å². The molecule has 0 amide bonds. The van der Waals surface area contributed by atoms with Crippen LogP contribution in [0.4, 0.5) is 4.39 Å². The maximum atomic E-state index is 13.4. The van der Waals surface area contributed by atoms with E-state index in [2.05, 4.69) is 12.2 Å². The molecule has 1 aromatic carbocycles. The maximum absolute atomic E-state index is 13.4. The first-order valence-corrected chi connectivity index (χ1v) is 6.76. The van der Waals surface area contributed by atoms with Crippen LogP contribution in [-0.4, -0.2) is 19.3 Å². The van der Waals surface area contributed by atoms with Gasteiger partial charge >= 0.3 is 0 Å². The number of nitrogens with one attached hydrogen (secondary N) is 1. The SMILES string of the molecule is CCNC(c1cccc(F)c1)C1(OC)CCCC1. The number of hydrogen-bond acceptors (Lipinski definition) is 2. The Morgan fingerprint density at radius 1 is 1.39 bits per heavy atom. The fourth-order valence-corrected chi connectivity index (χ4v) is 3.08. The average Bonchev–Trinajstić information content (AvgIpc) is 2.85. The normalized spacial score (nSPS) is 19.9. The molecular formula is C15H22FNO. The van der Waals surface area contributed by atoms with E-state index in [0.717, 1.165) is 24.9 Å². The second kappa shape index (κ2) is 5.81. The van der Waals surface area contributed by atoms with Crippen LogP contribution in [0.2, 0.25) is 0 Å². The van der Waals surface area contributed by atoms with Crippen molar-refractivity contribution < 1.29 is 9.13 Å². The molecular weight excluding hydrogens is 229 g/mol. The molecule has 0 saturated heterocycles. The molecule has 0 aliphatic heterocycles. The van der Waals surface area contributed by atoms with E-state index in [-0.39, 0.29) is 17.5 Å². The third kappa shape index (κ3) is 2.57. The van der Waals surface area contributed by atoms with Gasteiger partial charge in [-0.1, -0.05) is 31.9 Å². The molecule has 0 heterocycles. The summed E-state index contributed by atoms with van der Waals surface area (Å²) in [6, 6.07) is 6.93. The monoisotopic (exact) mass is 251 g/mol. The van der Waals surface area contributed by atoms with Crippen molar-refractivity contribution in [3.05, 3.63) is 35.6 Å². The molecule has 18 heavy (non-hydrogen) atoms. The molecule has 0 spiro atoms. The van der Waals surface area contributed by atoms with Crippen LogP contribution in [0.3, 0.4) is 0 Å². The van der Waals surface area contributed by atoms with Gasteiger partial charge in [-0.15, -0.1) is 0 Å². The fourth-order valence-electron chi connectivity index (χ4n) is 3.08. The van der Waals surface area contributed by atoms with Gasteiger partial charge in [0.2, 0.25) is 0 Å². The zero-order valence-corrected chi connectivity index (χ0v) is 11.2. The van der Waals surface area contributed by atoms with E-state index in [1.54, 1.807) is 19.2 Å². The Kier molecular flexibility index (Phi) is 4.36. The van der Waals surface area contributed by atoms with Crippen molar-refractivity contribution in [2.24, 2.45) is 0 Å². The predicted molar refractivity (Wildman–Crippen MR) is 71.0 cm³/mol. The van der Waals surface area contributed by atoms with Crippen molar-refractivity contribution in [2.45, 2.75) is 44.2 Å². The number of likely N-dealkylation sites (N-methyl/N-ethyl adjacent to an activating group) is 1. The highest BCUT2D eigenvalue weighted by Gasteiger charge is 2.42. The van der Waals surface area contributed by atoms with Crippen LogP contribution in [0.15, 0.2) is 24.3 Å². The van der Waals surface area contributed by atoms with Crippen LogP contribution in [0.5, 0.6) is 0 Å². The molecule has 1 unspecified atom stereocenters. The van der Waals surface area contributed by atoms with Gasteiger partial charge in [0.1, 0.15) is 5.82 Å². The molecule has 0 radical (unpaired) electrons. The van der Waals surface area contributed by atoms with Gasteiger partial charge in [-0.2, -0.15) is 0 Å². The molecule has 0 bridgehead atoms. The highest BCUT2D eigenvalue weighted by atomic mass is 19.1. The van der Waals surface area contributed by atoms with Gasteiger partial charge in [-0.3, -0.25) is 0 Å². The van der Waals surface area contributed by atoms with Crippen molar-refractivity contribution in [1.82, 2.24) is 5.32 Å². The number of rotatable bonds is 5. The van der Waals surface area contributed by atoms with Crippen molar-refractivity contribution in [3.63, 3.8) is 0 Å². The van der Waals surface area contributed by atoms with Crippen LogP contribution in [0, 0.1) is 5.82 Å². The van der Waals surface area contributed by atoms with Crippen LogP contribution < -0.4 is 5.32 Å². The Hall–Kier alpha value is -0.930. The van der Waals surface area contributed by atoms with Crippen molar-refractivity contribution >= 4 is 0 Å². The first-order valence-electron chi connectivity index (χ1n) is 6.76. The van der Waals surface area contributed by atoms with Gasteiger partial charge < -0.3 is 10.1 Å². The molecule has 2 nitrogen and oxygen atoms in total. The molecule has 100 valence electrons. The van der Waals surface area contributed by atoms with Crippen molar-refractivity contribution in [2.75, 3.05) is 13.7 Å². The Morgan fingerprint density at radius 3 is 2.67 bits per heavy atom. The lowest BCUT2D eigenvalue weighted by molar-refractivity contribution is -0.0364. The fraction of sp³-hybridized carbons (Fsp3) is 0.600. The standard InChI is InChI=1S/C15H22FNO/c1-3-17-14(12-7-6-8-13(16)11-12)15(18-2)9-4-5-10-15/h6-8,11,14,17H,3-5,9-10H2,1-2H3. The van der Waals surface area contributed by atoms with E-state index >= 15 is 0 Å². The quantitative estimate of drug-likeness (QED) is 0.865. The van der Waals surface area contributed by atoms with Crippen molar-refractivity contribution in [3.8, 4) is 0 Å². The minimum atomic E-state index is -0.181. The molecule has 1 atom stereocenters. The van der Waals surface area contributed by atoms with Crippen LogP contribution in [0.1, 0.15) is 44.2 Å².